The third-order valence-corrected chi connectivity index (χ3v) is 5.20. The standard InChI is InChI=1S/C23H33N3O7/c1-5-8-9-10-12-33-21-17(26(29)30)13-15(14-18(21)31-4)20-19(22(27)32-7-3)16(11-6-2)24-23(28)25-20/h13-14,20H,5-12H2,1-4H3,(H2,24,25,28). The number of esters is 1. The fourth-order valence-corrected chi connectivity index (χ4v) is 3.68. The number of hydrogen-bond acceptors (Lipinski definition) is 7. The Kier molecular flexibility index (Phi) is 9.96. The van der Waals surface area contributed by atoms with Gasteiger partial charge >= 0.3 is 17.7 Å². The molecule has 1 aliphatic rings. The van der Waals surface area contributed by atoms with E-state index in [4.69, 9.17) is 14.2 Å². The second-order valence-corrected chi connectivity index (χ2v) is 7.63. The quantitative estimate of drug-likeness (QED) is 0.190. The molecule has 0 bridgehead atoms. The van der Waals surface area contributed by atoms with Crippen molar-refractivity contribution >= 4 is 17.7 Å². The first-order chi connectivity index (χ1) is 15.9. The monoisotopic (exact) mass is 463 g/mol. The Balaban J connectivity index is 2.53. The topological polar surface area (TPSA) is 129 Å². The van der Waals surface area contributed by atoms with Gasteiger partial charge in [-0.1, -0.05) is 39.5 Å². The number of nitro benzene ring substituents is 1. The molecule has 0 aromatic heterocycles. The van der Waals surface area contributed by atoms with Gasteiger partial charge in [-0.2, -0.15) is 0 Å². The summed E-state index contributed by atoms with van der Waals surface area (Å²) in [6.45, 7) is 6.16. The summed E-state index contributed by atoms with van der Waals surface area (Å²) < 4.78 is 16.3. The van der Waals surface area contributed by atoms with Crippen LogP contribution in [0.2, 0.25) is 0 Å². The average Bonchev–Trinajstić information content (AvgIpc) is 2.78. The number of nitro groups is 1. The van der Waals surface area contributed by atoms with Gasteiger partial charge in [0.05, 0.1) is 36.9 Å². The number of ether oxygens (including phenoxy) is 3. The van der Waals surface area contributed by atoms with E-state index in [2.05, 4.69) is 17.6 Å². The third kappa shape index (κ3) is 6.59. The number of nitrogens with one attached hydrogen (secondary N) is 2. The van der Waals surface area contributed by atoms with E-state index in [1.54, 1.807) is 13.0 Å². The molecule has 2 rings (SSSR count). The molecule has 1 unspecified atom stereocenters. The molecule has 1 aromatic rings. The van der Waals surface area contributed by atoms with Crippen molar-refractivity contribution in [2.45, 2.75) is 65.3 Å². The van der Waals surface area contributed by atoms with E-state index < -0.39 is 23.0 Å². The highest BCUT2D eigenvalue weighted by molar-refractivity contribution is 5.95. The number of nitrogens with zero attached hydrogens (tertiary/aromatic N) is 1. The second-order valence-electron chi connectivity index (χ2n) is 7.63. The van der Waals surface area contributed by atoms with Gasteiger partial charge in [0.25, 0.3) is 0 Å². The summed E-state index contributed by atoms with van der Waals surface area (Å²) in [4.78, 5) is 36.4. The number of urea groups is 1. The van der Waals surface area contributed by atoms with Gasteiger partial charge in [0, 0.05) is 11.8 Å². The number of amides is 2. The number of rotatable bonds is 13. The van der Waals surface area contributed by atoms with Gasteiger partial charge in [0.15, 0.2) is 5.75 Å². The summed E-state index contributed by atoms with van der Waals surface area (Å²) in [6, 6.07) is 1.41. The molecule has 0 saturated heterocycles. The lowest BCUT2D eigenvalue weighted by Gasteiger charge is -2.29. The summed E-state index contributed by atoms with van der Waals surface area (Å²) in [6.07, 6.45) is 4.96. The molecule has 1 aromatic carbocycles. The summed E-state index contributed by atoms with van der Waals surface area (Å²) in [7, 11) is 1.39. The minimum Gasteiger partial charge on any atom is -0.493 e. The maximum atomic E-state index is 12.8. The number of unbranched alkanes of at least 4 members (excludes halogenated alkanes) is 3. The van der Waals surface area contributed by atoms with Gasteiger partial charge < -0.3 is 24.8 Å². The van der Waals surface area contributed by atoms with E-state index in [-0.39, 0.29) is 29.4 Å². The highest BCUT2D eigenvalue weighted by Gasteiger charge is 2.35. The fraction of sp³-hybridized carbons (Fsp3) is 0.565. The van der Waals surface area contributed by atoms with Crippen molar-refractivity contribution in [2.75, 3.05) is 20.3 Å². The molecule has 0 spiro atoms. The van der Waals surface area contributed by atoms with Crippen LogP contribution in [0.25, 0.3) is 0 Å². The Morgan fingerprint density at radius 1 is 1.15 bits per heavy atom. The number of carbonyl (C=O) groups is 2. The van der Waals surface area contributed by atoms with E-state index in [0.29, 0.717) is 30.7 Å². The largest absolute Gasteiger partial charge is 0.493 e. The summed E-state index contributed by atoms with van der Waals surface area (Å²) >= 11 is 0. The lowest BCUT2D eigenvalue weighted by atomic mass is 9.93. The molecule has 10 nitrogen and oxygen atoms in total. The zero-order valence-electron chi connectivity index (χ0n) is 19.7. The first-order valence-electron chi connectivity index (χ1n) is 11.3. The molecule has 1 aliphatic heterocycles. The van der Waals surface area contributed by atoms with Gasteiger partial charge in [-0.3, -0.25) is 10.1 Å². The van der Waals surface area contributed by atoms with Crippen molar-refractivity contribution in [3.63, 3.8) is 0 Å². The highest BCUT2D eigenvalue weighted by atomic mass is 16.6. The molecular formula is C23H33N3O7. The van der Waals surface area contributed by atoms with E-state index in [1.807, 2.05) is 6.92 Å². The first kappa shape index (κ1) is 26.0. The van der Waals surface area contributed by atoms with Crippen molar-refractivity contribution in [1.82, 2.24) is 10.6 Å². The zero-order chi connectivity index (χ0) is 24.4. The van der Waals surface area contributed by atoms with E-state index in [1.165, 1.54) is 13.2 Å². The number of benzene rings is 1. The second kappa shape index (κ2) is 12.7. The zero-order valence-corrected chi connectivity index (χ0v) is 19.7. The molecule has 0 saturated carbocycles. The van der Waals surface area contributed by atoms with Gasteiger partial charge in [0.1, 0.15) is 0 Å². The van der Waals surface area contributed by atoms with Crippen molar-refractivity contribution in [1.29, 1.82) is 0 Å². The Morgan fingerprint density at radius 3 is 2.52 bits per heavy atom. The van der Waals surface area contributed by atoms with Gasteiger partial charge in [-0.25, -0.2) is 9.59 Å². The Hall–Kier alpha value is -3.30. The Bertz CT molecular complexity index is 898. The summed E-state index contributed by atoms with van der Waals surface area (Å²) in [5.41, 5.74) is 0.668. The van der Waals surface area contributed by atoms with Crippen LogP contribution in [0, 0.1) is 10.1 Å². The van der Waals surface area contributed by atoms with Crippen LogP contribution in [-0.2, 0) is 9.53 Å². The van der Waals surface area contributed by atoms with E-state index in [9.17, 15) is 19.7 Å². The van der Waals surface area contributed by atoms with Gasteiger partial charge in [0.2, 0.25) is 5.75 Å². The molecule has 0 fully saturated rings. The normalized spacial score (nSPS) is 15.5. The number of methoxy groups -OCH3 is 1. The fourth-order valence-electron chi connectivity index (χ4n) is 3.68. The molecule has 0 aliphatic carbocycles. The summed E-state index contributed by atoms with van der Waals surface area (Å²) in [5, 5.41) is 17.2. The predicted octanol–water partition coefficient (Wildman–Crippen LogP) is 4.53. The third-order valence-electron chi connectivity index (χ3n) is 5.20. The SMILES string of the molecule is CCCCCCOc1c(OC)cc(C2NC(=O)NC(CCC)=C2C(=O)OCC)cc1[N+](=O)[O-]. The predicted molar refractivity (Wildman–Crippen MR) is 122 cm³/mol. The first-order valence-corrected chi connectivity index (χ1v) is 11.3. The lowest BCUT2D eigenvalue weighted by molar-refractivity contribution is -0.386. The molecule has 0 radical (unpaired) electrons. The average molecular weight is 464 g/mol. The molecule has 1 atom stereocenters. The van der Waals surface area contributed by atoms with Crippen LogP contribution < -0.4 is 20.1 Å². The van der Waals surface area contributed by atoms with Crippen LogP contribution in [0.5, 0.6) is 11.5 Å². The molecule has 2 N–H and O–H groups in total. The number of allylic oxidation sites excluding steroid dienone is 1. The molecule has 2 amide bonds. The molecule has 10 heteroatoms. The number of hydrogen-bond donors (Lipinski definition) is 2. The smallest absolute Gasteiger partial charge is 0.338 e. The van der Waals surface area contributed by atoms with Crippen LogP contribution in [0.1, 0.15) is 70.9 Å². The maximum Gasteiger partial charge on any atom is 0.338 e. The Morgan fingerprint density at radius 2 is 1.91 bits per heavy atom. The van der Waals surface area contributed by atoms with Gasteiger partial charge in [-0.15, -0.1) is 0 Å². The van der Waals surface area contributed by atoms with Crippen LogP contribution in [0.15, 0.2) is 23.4 Å². The van der Waals surface area contributed by atoms with Crippen LogP contribution >= 0.6 is 0 Å². The summed E-state index contributed by atoms with van der Waals surface area (Å²) in [5.74, 6) is -0.419. The van der Waals surface area contributed by atoms with Gasteiger partial charge in [-0.05, 0) is 31.4 Å². The van der Waals surface area contributed by atoms with E-state index >= 15 is 0 Å². The Labute approximate surface area is 193 Å². The molecule has 33 heavy (non-hydrogen) atoms. The van der Waals surface area contributed by atoms with Crippen LogP contribution in [-0.4, -0.2) is 37.2 Å². The molecule has 1 heterocycles. The minimum absolute atomic E-state index is 0.0263. The van der Waals surface area contributed by atoms with Crippen molar-refractivity contribution in [3.05, 3.63) is 39.1 Å². The van der Waals surface area contributed by atoms with Crippen molar-refractivity contribution in [3.8, 4) is 11.5 Å². The maximum absolute atomic E-state index is 12.8. The van der Waals surface area contributed by atoms with Crippen LogP contribution in [0.4, 0.5) is 10.5 Å². The minimum atomic E-state index is -0.939. The molecular weight excluding hydrogens is 430 g/mol. The molecule has 182 valence electrons. The highest BCUT2D eigenvalue weighted by Crippen LogP contribution is 2.42. The lowest BCUT2D eigenvalue weighted by Crippen LogP contribution is -2.46. The van der Waals surface area contributed by atoms with Crippen molar-refractivity contribution in [2.24, 2.45) is 0 Å². The van der Waals surface area contributed by atoms with E-state index in [0.717, 1.165) is 25.7 Å². The number of carbonyl (C=O) groups excluding carboxylic acids is 2. The van der Waals surface area contributed by atoms with Crippen molar-refractivity contribution < 1.29 is 28.7 Å². The van der Waals surface area contributed by atoms with Crippen LogP contribution in [0.3, 0.4) is 0 Å².